The molecule has 1 N–H and O–H groups in total. The maximum atomic E-state index is 11.2. The van der Waals surface area contributed by atoms with E-state index in [0.29, 0.717) is 13.2 Å². The number of anilines is 1. The van der Waals surface area contributed by atoms with Gasteiger partial charge in [-0.3, -0.25) is 15.1 Å². The molecule has 2 aromatic heterocycles. The summed E-state index contributed by atoms with van der Waals surface area (Å²) >= 11 is 0. The molecule has 2 rings (SSSR count). The molecule has 0 aliphatic carbocycles. The molecule has 0 amide bonds. The highest BCUT2D eigenvalue weighted by Gasteiger charge is 2.24. The van der Waals surface area contributed by atoms with E-state index in [1.807, 2.05) is 19.1 Å². The Morgan fingerprint density at radius 1 is 1.33 bits per heavy atom. The van der Waals surface area contributed by atoms with Crippen molar-refractivity contribution in [1.82, 2.24) is 15.0 Å². The van der Waals surface area contributed by atoms with E-state index < -0.39 is 4.92 Å². The van der Waals surface area contributed by atoms with Crippen molar-refractivity contribution in [1.29, 1.82) is 0 Å². The van der Waals surface area contributed by atoms with E-state index in [0.717, 1.165) is 12.0 Å². The van der Waals surface area contributed by atoms with Gasteiger partial charge in [-0.05, 0) is 24.1 Å². The van der Waals surface area contributed by atoms with Crippen molar-refractivity contribution in [2.45, 2.75) is 19.9 Å². The molecule has 0 saturated carbocycles. The van der Waals surface area contributed by atoms with E-state index in [9.17, 15) is 10.1 Å². The Bertz CT molecular complexity index is 606. The summed E-state index contributed by atoms with van der Waals surface area (Å²) in [5.74, 6) is 0.118. The molecule has 0 unspecified atom stereocenters. The number of nitro groups is 1. The van der Waals surface area contributed by atoms with Crippen molar-refractivity contribution >= 4 is 11.5 Å². The van der Waals surface area contributed by atoms with Gasteiger partial charge in [0.05, 0.1) is 11.5 Å². The molecule has 0 bridgehead atoms. The lowest BCUT2D eigenvalue weighted by molar-refractivity contribution is -0.385. The monoisotopic (exact) mass is 289 g/mol. The Morgan fingerprint density at radius 2 is 2.10 bits per heavy atom. The van der Waals surface area contributed by atoms with Crippen molar-refractivity contribution in [3.63, 3.8) is 0 Å². The summed E-state index contributed by atoms with van der Waals surface area (Å²) in [7, 11) is 0. The SMILES string of the molecule is CCCOc1ncnc(NCc2ccncc2)c1[N+](=O)[O-]. The summed E-state index contributed by atoms with van der Waals surface area (Å²) in [5, 5.41) is 14.1. The topological polar surface area (TPSA) is 103 Å². The maximum Gasteiger partial charge on any atom is 0.372 e. The first-order valence-electron chi connectivity index (χ1n) is 6.47. The van der Waals surface area contributed by atoms with E-state index in [1.54, 1.807) is 12.4 Å². The third-order valence-electron chi connectivity index (χ3n) is 2.62. The molecule has 2 aromatic rings. The second kappa shape index (κ2) is 7.13. The summed E-state index contributed by atoms with van der Waals surface area (Å²) in [6, 6.07) is 3.63. The first kappa shape index (κ1) is 14.6. The minimum absolute atomic E-state index is 0.0194. The fraction of sp³-hybridized carbons (Fsp3) is 0.308. The molecule has 110 valence electrons. The van der Waals surface area contributed by atoms with E-state index in [2.05, 4.69) is 20.3 Å². The zero-order valence-corrected chi connectivity index (χ0v) is 11.5. The summed E-state index contributed by atoms with van der Waals surface area (Å²) in [5.41, 5.74) is 0.689. The highest BCUT2D eigenvalue weighted by molar-refractivity contribution is 5.61. The fourth-order valence-electron chi connectivity index (χ4n) is 1.65. The molecule has 2 heterocycles. The summed E-state index contributed by atoms with van der Waals surface area (Å²) in [4.78, 5) is 22.3. The second-order valence-electron chi connectivity index (χ2n) is 4.19. The van der Waals surface area contributed by atoms with Gasteiger partial charge < -0.3 is 10.1 Å². The van der Waals surface area contributed by atoms with Gasteiger partial charge in [0.25, 0.3) is 5.88 Å². The van der Waals surface area contributed by atoms with Gasteiger partial charge in [-0.2, -0.15) is 4.98 Å². The van der Waals surface area contributed by atoms with Gasteiger partial charge in [-0.1, -0.05) is 6.92 Å². The number of ether oxygens (including phenoxy) is 1. The van der Waals surface area contributed by atoms with Gasteiger partial charge in [-0.25, -0.2) is 4.98 Å². The van der Waals surface area contributed by atoms with Crippen molar-refractivity contribution in [3.05, 3.63) is 46.5 Å². The van der Waals surface area contributed by atoms with Crippen LogP contribution in [0, 0.1) is 10.1 Å². The highest BCUT2D eigenvalue weighted by atomic mass is 16.6. The predicted octanol–water partition coefficient (Wildman–Crippen LogP) is 2.18. The standard InChI is InChI=1S/C13H15N5O3/c1-2-7-21-13-11(18(19)20)12(16-9-17-13)15-8-10-3-5-14-6-4-10/h3-6,9H,2,7-8H2,1H3,(H,15,16,17). The van der Waals surface area contributed by atoms with Gasteiger partial charge in [0.15, 0.2) is 0 Å². The highest BCUT2D eigenvalue weighted by Crippen LogP contribution is 2.31. The number of rotatable bonds is 7. The summed E-state index contributed by atoms with van der Waals surface area (Å²) in [6.07, 6.45) is 5.29. The molecule has 8 heteroatoms. The van der Waals surface area contributed by atoms with Crippen LogP contribution >= 0.6 is 0 Å². The lowest BCUT2D eigenvalue weighted by Gasteiger charge is -2.09. The zero-order valence-electron chi connectivity index (χ0n) is 11.5. The summed E-state index contributed by atoms with van der Waals surface area (Å²) < 4.78 is 5.30. The normalized spacial score (nSPS) is 10.1. The van der Waals surface area contributed by atoms with E-state index >= 15 is 0 Å². The second-order valence-corrected chi connectivity index (χ2v) is 4.19. The Hall–Kier alpha value is -2.77. The van der Waals surface area contributed by atoms with Gasteiger partial charge in [0, 0.05) is 18.9 Å². The molecule has 0 atom stereocenters. The molecule has 0 aromatic carbocycles. The van der Waals surface area contributed by atoms with E-state index in [-0.39, 0.29) is 17.4 Å². The number of hydrogen-bond acceptors (Lipinski definition) is 7. The van der Waals surface area contributed by atoms with Gasteiger partial charge in [0.2, 0.25) is 5.82 Å². The Morgan fingerprint density at radius 3 is 2.76 bits per heavy atom. The van der Waals surface area contributed by atoms with Crippen LogP contribution in [0.2, 0.25) is 0 Å². The van der Waals surface area contributed by atoms with Crippen LogP contribution in [-0.2, 0) is 6.54 Å². The van der Waals surface area contributed by atoms with Gasteiger partial charge in [-0.15, -0.1) is 0 Å². The molecule has 0 aliphatic rings. The molecule has 0 saturated heterocycles. The van der Waals surface area contributed by atoms with Crippen LogP contribution in [0.15, 0.2) is 30.9 Å². The maximum absolute atomic E-state index is 11.2. The van der Waals surface area contributed by atoms with Crippen LogP contribution in [0.25, 0.3) is 0 Å². The Kier molecular flexibility index (Phi) is 4.97. The zero-order chi connectivity index (χ0) is 15.1. The van der Waals surface area contributed by atoms with Crippen molar-refractivity contribution in [3.8, 4) is 5.88 Å². The van der Waals surface area contributed by atoms with Crippen molar-refractivity contribution in [2.75, 3.05) is 11.9 Å². The average Bonchev–Trinajstić information content (AvgIpc) is 2.51. The average molecular weight is 289 g/mol. The number of aromatic nitrogens is 3. The number of pyridine rings is 1. The number of hydrogen-bond donors (Lipinski definition) is 1. The van der Waals surface area contributed by atoms with E-state index in [4.69, 9.17) is 4.74 Å². The third kappa shape index (κ3) is 3.85. The Balaban J connectivity index is 2.20. The molecule has 0 aliphatic heterocycles. The molecule has 0 fully saturated rings. The lowest BCUT2D eigenvalue weighted by atomic mass is 10.3. The molecule has 0 radical (unpaired) electrons. The summed E-state index contributed by atoms with van der Waals surface area (Å²) in [6.45, 7) is 2.67. The van der Waals surface area contributed by atoms with Crippen LogP contribution < -0.4 is 10.1 Å². The minimum atomic E-state index is -0.542. The molecule has 0 spiro atoms. The van der Waals surface area contributed by atoms with Gasteiger partial charge >= 0.3 is 5.69 Å². The fourth-order valence-corrected chi connectivity index (χ4v) is 1.65. The molecule has 8 nitrogen and oxygen atoms in total. The van der Waals surface area contributed by atoms with Gasteiger partial charge in [0.1, 0.15) is 6.33 Å². The van der Waals surface area contributed by atoms with Crippen molar-refractivity contribution < 1.29 is 9.66 Å². The number of nitrogens with one attached hydrogen (secondary N) is 1. The largest absolute Gasteiger partial charge is 0.473 e. The quantitative estimate of drug-likeness (QED) is 0.615. The third-order valence-corrected chi connectivity index (χ3v) is 2.62. The molecular weight excluding hydrogens is 274 g/mol. The molecule has 21 heavy (non-hydrogen) atoms. The predicted molar refractivity (Wildman–Crippen MR) is 76.0 cm³/mol. The number of nitrogens with zero attached hydrogens (tertiary/aromatic N) is 4. The van der Waals surface area contributed by atoms with Crippen molar-refractivity contribution in [2.24, 2.45) is 0 Å². The smallest absolute Gasteiger partial charge is 0.372 e. The van der Waals surface area contributed by atoms with E-state index in [1.165, 1.54) is 6.33 Å². The molecular formula is C13H15N5O3. The minimum Gasteiger partial charge on any atom is -0.473 e. The van der Waals surface area contributed by atoms with Crippen LogP contribution in [0.4, 0.5) is 11.5 Å². The van der Waals surface area contributed by atoms with Crippen LogP contribution in [0.5, 0.6) is 5.88 Å². The van der Waals surface area contributed by atoms with Crippen LogP contribution in [-0.4, -0.2) is 26.5 Å². The van der Waals surface area contributed by atoms with Crippen LogP contribution in [0.3, 0.4) is 0 Å². The first-order valence-corrected chi connectivity index (χ1v) is 6.47. The van der Waals surface area contributed by atoms with Crippen LogP contribution in [0.1, 0.15) is 18.9 Å². The lowest BCUT2D eigenvalue weighted by Crippen LogP contribution is -2.08. The Labute approximate surface area is 121 Å². The first-order chi connectivity index (χ1) is 10.2.